The second-order valence-corrected chi connectivity index (χ2v) is 6.83. The topological polar surface area (TPSA) is 96.5 Å². The Kier molecular flexibility index (Phi) is 4.03. The molecular weight excluding hydrogens is 310 g/mol. The summed E-state index contributed by atoms with van der Waals surface area (Å²) >= 11 is 0. The number of rotatable bonds is 3. The van der Waals surface area contributed by atoms with Crippen molar-refractivity contribution in [3.8, 4) is 0 Å². The second-order valence-electron chi connectivity index (χ2n) is 6.83. The van der Waals surface area contributed by atoms with Crippen LogP contribution in [0.4, 0.5) is 0 Å². The summed E-state index contributed by atoms with van der Waals surface area (Å²) in [5, 5.41) is 13.8. The van der Waals surface area contributed by atoms with Crippen molar-refractivity contribution in [1.29, 1.82) is 0 Å². The smallest absolute Gasteiger partial charge is 0.308 e. The Bertz CT molecular complexity index is 812. The summed E-state index contributed by atoms with van der Waals surface area (Å²) in [4.78, 5) is 30.4. The normalized spacial score (nSPS) is 21.0. The van der Waals surface area contributed by atoms with Gasteiger partial charge >= 0.3 is 5.97 Å². The van der Waals surface area contributed by atoms with Gasteiger partial charge in [-0.2, -0.15) is 0 Å². The lowest BCUT2D eigenvalue weighted by atomic mass is 9.99. The third-order valence-corrected chi connectivity index (χ3v) is 4.68. The lowest BCUT2D eigenvalue weighted by molar-refractivity contribution is -0.142. The number of carboxylic acids is 1. The van der Waals surface area contributed by atoms with Gasteiger partial charge in [0.25, 0.3) is 11.6 Å². The first-order chi connectivity index (χ1) is 11.3. The van der Waals surface area contributed by atoms with Crippen molar-refractivity contribution in [1.82, 2.24) is 15.0 Å². The van der Waals surface area contributed by atoms with E-state index in [1.807, 2.05) is 20.8 Å². The molecule has 1 saturated heterocycles. The summed E-state index contributed by atoms with van der Waals surface area (Å²) < 4.78 is 5.25. The van der Waals surface area contributed by atoms with Crippen LogP contribution in [0, 0.1) is 18.8 Å². The molecular formula is C17H21N3O4. The molecule has 1 amide bonds. The van der Waals surface area contributed by atoms with E-state index in [1.54, 1.807) is 17.9 Å². The molecule has 1 aliphatic heterocycles. The van der Waals surface area contributed by atoms with Crippen molar-refractivity contribution in [3.63, 3.8) is 0 Å². The molecule has 0 radical (unpaired) electrons. The highest BCUT2D eigenvalue weighted by Gasteiger charge is 2.38. The fraction of sp³-hybridized carbons (Fsp3) is 0.529. The molecule has 24 heavy (non-hydrogen) atoms. The summed E-state index contributed by atoms with van der Waals surface area (Å²) in [7, 11) is 0. The van der Waals surface area contributed by atoms with Gasteiger partial charge in [-0.3, -0.25) is 9.59 Å². The van der Waals surface area contributed by atoms with Crippen LogP contribution in [0.5, 0.6) is 0 Å². The van der Waals surface area contributed by atoms with Gasteiger partial charge in [-0.05, 0) is 24.8 Å². The quantitative estimate of drug-likeness (QED) is 0.928. The molecule has 0 aromatic carbocycles. The highest BCUT2D eigenvalue weighted by Crippen LogP contribution is 2.29. The van der Waals surface area contributed by atoms with Crippen LogP contribution < -0.4 is 0 Å². The van der Waals surface area contributed by atoms with E-state index in [4.69, 9.17) is 4.52 Å². The van der Waals surface area contributed by atoms with E-state index >= 15 is 0 Å². The van der Waals surface area contributed by atoms with E-state index in [9.17, 15) is 14.7 Å². The fourth-order valence-electron chi connectivity index (χ4n) is 3.20. The molecule has 3 rings (SSSR count). The van der Waals surface area contributed by atoms with E-state index in [-0.39, 0.29) is 24.3 Å². The maximum Gasteiger partial charge on any atom is 0.308 e. The number of aryl methyl sites for hydroxylation is 1. The van der Waals surface area contributed by atoms with Gasteiger partial charge in [0, 0.05) is 18.8 Å². The van der Waals surface area contributed by atoms with Crippen LogP contribution in [-0.4, -0.2) is 45.1 Å². The van der Waals surface area contributed by atoms with Crippen LogP contribution in [-0.2, 0) is 4.79 Å². The average molecular weight is 331 g/mol. The van der Waals surface area contributed by atoms with Gasteiger partial charge in [-0.15, -0.1) is 0 Å². The Labute approximate surface area is 139 Å². The average Bonchev–Trinajstić information content (AvgIpc) is 3.09. The molecule has 1 aliphatic rings. The lowest BCUT2D eigenvalue weighted by Gasteiger charge is -2.17. The number of fused-ring (bicyclic) bond motifs is 1. The molecule has 0 saturated carbocycles. The summed E-state index contributed by atoms with van der Waals surface area (Å²) in [6.45, 7) is 8.26. The lowest BCUT2D eigenvalue weighted by Crippen LogP contribution is -2.30. The Hall–Kier alpha value is -2.44. The Morgan fingerprint density at radius 2 is 2.08 bits per heavy atom. The Morgan fingerprint density at radius 1 is 1.38 bits per heavy atom. The van der Waals surface area contributed by atoms with Crippen LogP contribution in [0.25, 0.3) is 11.1 Å². The van der Waals surface area contributed by atoms with Crippen molar-refractivity contribution in [3.05, 3.63) is 23.0 Å². The zero-order chi connectivity index (χ0) is 17.6. The highest BCUT2D eigenvalue weighted by molar-refractivity contribution is 6.06. The summed E-state index contributed by atoms with van der Waals surface area (Å²) in [6, 6.07) is 1.78. The minimum Gasteiger partial charge on any atom is -0.481 e. The maximum atomic E-state index is 13.0. The largest absolute Gasteiger partial charge is 0.481 e. The summed E-state index contributed by atoms with van der Waals surface area (Å²) in [6.07, 6.45) is 0. The third kappa shape index (κ3) is 2.64. The van der Waals surface area contributed by atoms with Crippen molar-refractivity contribution < 1.29 is 19.2 Å². The molecule has 7 heteroatoms. The number of carbonyl (C=O) groups excluding carboxylic acids is 1. The zero-order valence-electron chi connectivity index (χ0n) is 14.2. The number of hydrogen-bond donors (Lipinski definition) is 1. The zero-order valence-corrected chi connectivity index (χ0v) is 14.2. The summed E-state index contributed by atoms with van der Waals surface area (Å²) in [5.74, 6) is -1.51. The molecule has 128 valence electrons. The maximum absolute atomic E-state index is 13.0. The van der Waals surface area contributed by atoms with Gasteiger partial charge in [-0.1, -0.05) is 25.9 Å². The van der Waals surface area contributed by atoms with Crippen LogP contribution in [0.3, 0.4) is 0 Å². The van der Waals surface area contributed by atoms with Gasteiger partial charge in [0.05, 0.1) is 22.6 Å². The molecule has 1 fully saturated rings. The van der Waals surface area contributed by atoms with Crippen molar-refractivity contribution in [2.75, 3.05) is 13.1 Å². The molecule has 1 N–H and O–H groups in total. The number of hydrogen-bond acceptors (Lipinski definition) is 5. The number of likely N-dealkylation sites (tertiary alicyclic amines) is 1. The fourth-order valence-corrected chi connectivity index (χ4v) is 3.20. The molecule has 7 nitrogen and oxygen atoms in total. The molecule has 2 aromatic heterocycles. The molecule has 2 atom stereocenters. The molecule has 0 aliphatic carbocycles. The molecule has 0 unspecified atom stereocenters. The number of nitrogens with zero attached hydrogens (tertiary/aromatic N) is 3. The van der Waals surface area contributed by atoms with E-state index in [0.29, 0.717) is 28.9 Å². The van der Waals surface area contributed by atoms with Crippen LogP contribution >= 0.6 is 0 Å². The number of aliphatic carboxylic acids is 1. The minimum absolute atomic E-state index is 0.0723. The van der Waals surface area contributed by atoms with Gasteiger partial charge in [0.15, 0.2) is 0 Å². The highest BCUT2D eigenvalue weighted by atomic mass is 16.5. The number of pyridine rings is 1. The van der Waals surface area contributed by atoms with Gasteiger partial charge in [-0.25, -0.2) is 4.98 Å². The van der Waals surface area contributed by atoms with E-state index in [0.717, 1.165) is 5.69 Å². The van der Waals surface area contributed by atoms with Crippen molar-refractivity contribution >= 4 is 23.0 Å². The van der Waals surface area contributed by atoms with Crippen LogP contribution in [0.1, 0.15) is 48.4 Å². The number of amides is 1. The van der Waals surface area contributed by atoms with Crippen LogP contribution in [0.2, 0.25) is 0 Å². The predicted octanol–water partition coefficient (Wildman–Crippen LogP) is 2.45. The first-order valence-corrected chi connectivity index (χ1v) is 8.08. The van der Waals surface area contributed by atoms with Crippen molar-refractivity contribution in [2.24, 2.45) is 11.8 Å². The predicted molar refractivity (Wildman–Crippen MR) is 86.8 cm³/mol. The number of carbonyl (C=O) groups is 2. The second kappa shape index (κ2) is 5.89. The third-order valence-electron chi connectivity index (χ3n) is 4.68. The SMILES string of the molecule is Cc1noc2nc(C(C)C)cc(C(=O)N3C[C@@H](C)[C@H](C(=O)O)C3)c12. The minimum atomic E-state index is -0.860. The van der Waals surface area contributed by atoms with E-state index in [2.05, 4.69) is 10.1 Å². The number of carboxylic acid groups (broad SMARTS) is 1. The van der Waals surface area contributed by atoms with Crippen molar-refractivity contribution in [2.45, 2.75) is 33.6 Å². The van der Waals surface area contributed by atoms with Crippen LogP contribution in [0.15, 0.2) is 10.6 Å². The Balaban J connectivity index is 2.03. The monoisotopic (exact) mass is 331 g/mol. The number of aromatic nitrogens is 2. The van der Waals surface area contributed by atoms with E-state index in [1.165, 1.54) is 0 Å². The molecule has 2 aromatic rings. The van der Waals surface area contributed by atoms with Gasteiger partial charge in [0.2, 0.25) is 0 Å². The molecule has 0 spiro atoms. The van der Waals surface area contributed by atoms with Gasteiger partial charge < -0.3 is 14.5 Å². The molecule has 3 heterocycles. The summed E-state index contributed by atoms with van der Waals surface area (Å²) in [5.41, 5.74) is 2.20. The molecule has 0 bridgehead atoms. The first kappa shape index (κ1) is 16.4. The Morgan fingerprint density at radius 3 is 2.67 bits per heavy atom. The van der Waals surface area contributed by atoms with E-state index < -0.39 is 11.9 Å². The van der Waals surface area contributed by atoms with Gasteiger partial charge in [0.1, 0.15) is 0 Å². The first-order valence-electron chi connectivity index (χ1n) is 8.08. The standard InChI is InChI=1S/C17H21N3O4/c1-8(2)13-5-11(14-10(4)19-24-15(14)18-13)16(21)20-6-9(3)12(7-20)17(22)23/h5,8-9,12H,6-7H2,1-4H3,(H,22,23)/t9-,12-/m1/s1.